The van der Waals surface area contributed by atoms with Crippen LogP contribution in [-0.2, 0) is 11.3 Å². The maximum Gasteiger partial charge on any atom is 0.358 e. The van der Waals surface area contributed by atoms with E-state index in [1.54, 1.807) is 24.4 Å². The van der Waals surface area contributed by atoms with Gasteiger partial charge in [-0.25, -0.2) is 14.2 Å². The van der Waals surface area contributed by atoms with Crippen molar-refractivity contribution in [2.75, 3.05) is 0 Å². The summed E-state index contributed by atoms with van der Waals surface area (Å²) in [4.78, 5) is 20.7. The summed E-state index contributed by atoms with van der Waals surface area (Å²) < 4.78 is 24.0. The Morgan fingerprint density at radius 2 is 1.86 bits per heavy atom. The first kappa shape index (κ1) is 18.9. The van der Waals surface area contributed by atoms with Crippen molar-refractivity contribution in [3.63, 3.8) is 0 Å². The summed E-state index contributed by atoms with van der Waals surface area (Å²) in [5.41, 5.74) is 3.31. The number of thiazole rings is 1. The highest BCUT2D eigenvalue weighted by atomic mass is 32.1. The molecular formula is C21H16FN3O3S. The highest BCUT2D eigenvalue weighted by Crippen LogP contribution is 2.24. The Labute approximate surface area is 170 Å². The number of aromatic nitrogens is 3. The fraction of sp³-hybridized carbons (Fsp3) is 0.143. The molecule has 4 aromatic rings. The lowest BCUT2D eigenvalue weighted by atomic mass is 10.1. The lowest BCUT2D eigenvalue weighted by Crippen LogP contribution is -2.05. The smallest absolute Gasteiger partial charge is 0.358 e. The number of nitrogens with zero attached hydrogens (tertiary/aromatic N) is 3. The van der Waals surface area contributed by atoms with Crippen LogP contribution in [-0.4, -0.2) is 21.1 Å². The van der Waals surface area contributed by atoms with Gasteiger partial charge in [0.1, 0.15) is 10.8 Å². The van der Waals surface area contributed by atoms with Crippen LogP contribution in [0.15, 0.2) is 52.4 Å². The van der Waals surface area contributed by atoms with Crippen molar-refractivity contribution in [2.45, 2.75) is 20.5 Å². The first-order chi connectivity index (χ1) is 14.0. The summed E-state index contributed by atoms with van der Waals surface area (Å²) in [5, 5.41) is 6.18. The number of ether oxygens (including phenoxy) is 1. The Morgan fingerprint density at radius 3 is 2.62 bits per heavy atom. The molecule has 0 unspecified atom stereocenters. The number of carbonyl (C=O) groups excluding carboxylic acids is 1. The average Bonchev–Trinajstić information content (AvgIpc) is 3.39. The molecule has 146 valence electrons. The van der Waals surface area contributed by atoms with Crippen LogP contribution in [0.4, 0.5) is 4.39 Å². The molecule has 0 saturated heterocycles. The summed E-state index contributed by atoms with van der Waals surface area (Å²) in [5.74, 6) is -0.595. The molecule has 0 amide bonds. The number of esters is 1. The predicted molar refractivity (Wildman–Crippen MR) is 106 cm³/mol. The van der Waals surface area contributed by atoms with Crippen LogP contribution in [0.2, 0.25) is 0 Å². The number of aryl methyl sites for hydroxylation is 2. The van der Waals surface area contributed by atoms with Gasteiger partial charge in [-0.15, -0.1) is 11.3 Å². The molecule has 0 aliphatic rings. The zero-order valence-electron chi connectivity index (χ0n) is 15.7. The number of hydrogen-bond donors (Lipinski definition) is 0. The molecule has 0 aliphatic heterocycles. The van der Waals surface area contributed by atoms with Crippen LogP contribution in [0.5, 0.6) is 0 Å². The molecule has 0 radical (unpaired) electrons. The largest absolute Gasteiger partial charge is 0.451 e. The van der Waals surface area contributed by atoms with Crippen molar-refractivity contribution < 1.29 is 18.4 Å². The van der Waals surface area contributed by atoms with Crippen LogP contribution in [0.3, 0.4) is 0 Å². The van der Waals surface area contributed by atoms with Crippen molar-refractivity contribution in [3.05, 3.63) is 76.4 Å². The van der Waals surface area contributed by atoms with Gasteiger partial charge >= 0.3 is 5.97 Å². The Balaban J connectivity index is 1.41. The van der Waals surface area contributed by atoms with E-state index in [0.29, 0.717) is 11.1 Å². The van der Waals surface area contributed by atoms with Gasteiger partial charge in [0.2, 0.25) is 5.82 Å². The average molecular weight is 409 g/mol. The van der Waals surface area contributed by atoms with E-state index in [-0.39, 0.29) is 29.8 Å². The molecule has 6 nitrogen and oxygen atoms in total. The summed E-state index contributed by atoms with van der Waals surface area (Å²) in [7, 11) is 0. The minimum atomic E-state index is -0.583. The number of rotatable bonds is 5. The number of hydrogen-bond acceptors (Lipinski definition) is 7. The molecule has 8 heteroatoms. The van der Waals surface area contributed by atoms with Gasteiger partial charge in [0.15, 0.2) is 12.3 Å². The number of benzene rings is 2. The summed E-state index contributed by atoms with van der Waals surface area (Å²) in [6.45, 7) is 3.48. The third kappa shape index (κ3) is 4.22. The molecule has 0 N–H and O–H groups in total. The van der Waals surface area contributed by atoms with Gasteiger partial charge in [-0.3, -0.25) is 0 Å². The molecular weight excluding hydrogens is 393 g/mol. The highest BCUT2D eigenvalue weighted by Gasteiger charge is 2.16. The van der Waals surface area contributed by atoms with E-state index in [4.69, 9.17) is 9.26 Å². The monoisotopic (exact) mass is 409 g/mol. The molecule has 29 heavy (non-hydrogen) atoms. The van der Waals surface area contributed by atoms with Crippen molar-refractivity contribution in [3.8, 4) is 22.0 Å². The Kier molecular flexibility index (Phi) is 5.18. The van der Waals surface area contributed by atoms with Crippen LogP contribution in [0.25, 0.3) is 22.0 Å². The second-order valence-corrected chi connectivity index (χ2v) is 7.31. The van der Waals surface area contributed by atoms with Crippen LogP contribution >= 0.6 is 11.3 Å². The molecule has 2 aromatic heterocycles. The van der Waals surface area contributed by atoms with Crippen molar-refractivity contribution in [1.82, 2.24) is 15.1 Å². The molecule has 0 fully saturated rings. The zero-order valence-corrected chi connectivity index (χ0v) is 16.5. The summed E-state index contributed by atoms with van der Waals surface area (Å²) >= 11 is 1.36. The normalized spacial score (nSPS) is 10.9. The highest BCUT2D eigenvalue weighted by molar-refractivity contribution is 7.13. The zero-order chi connectivity index (χ0) is 20.4. The van der Waals surface area contributed by atoms with Gasteiger partial charge in [-0.1, -0.05) is 47.1 Å². The van der Waals surface area contributed by atoms with E-state index in [0.717, 1.165) is 16.1 Å². The van der Waals surface area contributed by atoms with E-state index in [2.05, 4.69) is 15.1 Å². The Bertz CT molecular complexity index is 1170. The van der Waals surface area contributed by atoms with Gasteiger partial charge in [0.05, 0.1) is 0 Å². The molecule has 2 heterocycles. The lowest BCUT2D eigenvalue weighted by Gasteiger charge is -1.99. The van der Waals surface area contributed by atoms with E-state index in [9.17, 15) is 9.18 Å². The first-order valence-corrected chi connectivity index (χ1v) is 9.66. The summed E-state index contributed by atoms with van der Waals surface area (Å²) in [6.07, 6.45) is 0. The molecule has 2 aromatic carbocycles. The van der Waals surface area contributed by atoms with Crippen molar-refractivity contribution in [1.29, 1.82) is 0 Å². The van der Waals surface area contributed by atoms with E-state index in [1.165, 1.54) is 17.4 Å². The quantitative estimate of drug-likeness (QED) is 0.433. The number of halogens is 1. The second-order valence-electron chi connectivity index (χ2n) is 6.46. The molecule has 0 aliphatic carbocycles. The Hall–Kier alpha value is -3.39. The molecule has 0 bridgehead atoms. The van der Waals surface area contributed by atoms with Gasteiger partial charge in [-0.2, -0.15) is 4.98 Å². The van der Waals surface area contributed by atoms with Gasteiger partial charge in [-0.05, 0) is 25.5 Å². The first-order valence-electron chi connectivity index (χ1n) is 8.78. The molecule has 0 saturated carbocycles. The van der Waals surface area contributed by atoms with Crippen LogP contribution in [0, 0.1) is 19.7 Å². The predicted octanol–water partition coefficient (Wildman–Crippen LogP) is 4.97. The summed E-state index contributed by atoms with van der Waals surface area (Å²) in [6, 6.07) is 12.5. The molecule has 0 spiro atoms. The fourth-order valence-corrected chi connectivity index (χ4v) is 3.36. The third-order valence-corrected chi connectivity index (χ3v) is 5.13. The van der Waals surface area contributed by atoms with Crippen LogP contribution in [0.1, 0.15) is 27.5 Å². The van der Waals surface area contributed by atoms with Gasteiger partial charge in [0.25, 0.3) is 5.89 Å². The fourth-order valence-electron chi connectivity index (χ4n) is 2.56. The maximum absolute atomic E-state index is 13.7. The van der Waals surface area contributed by atoms with Gasteiger partial charge < -0.3 is 9.26 Å². The van der Waals surface area contributed by atoms with Crippen LogP contribution < -0.4 is 0 Å². The van der Waals surface area contributed by atoms with Gasteiger partial charge in [0, 0.05) is 16.5 Å². The van der Waals surface area contributed by atoms with Crippen molar-refractivity contribution >= 4 is 17.3 Å². The third-order valence-electron chi connectivity index (χ3n) is 4.24. The Morgan fingerprint density at radius 1 is 1.10 bits per heavy atom. The standard InChI is InChI=1S/C21H16FN3O3S/c1-12-3-6-14(7-4-12)20-23-17(11-29-20)21(26)27-10-18-24-19(25-28-18)15-8-5-13(2)16(22)9-15/h3-9,11H,10H2,1-2H3. The van der Waals surface area contributed by atoms with Crippen molar-refractivity contribution in [2.24, 2.45) is 0 Å². The lowest BCUT2D eigenvalue weighted by molar-refractivity contribution is 0.0424. The minimum Gasteiger partial charge on any atom is -0.451 e. The minimum absolute atomic E-state index is 0.114. The van der Waals surface area contributed by atoms with E-state index < -0.39 is 5.97 Å². The topological polar surface area (TPSA) is 78.1 Å². The second kappa shape index (κ2) is 7.92. The van der Waals surface area contributed by atoms with E-state index >= 15 is 0 Å². The molecule has 0 atom stereocenters. The maximum atomic E-state index is 13.7. The number of carbonyl (C=O) groups is 1. The molecule has 4 rings (SSSR count). The van der Waals surface area contributed by atoms with E-state index in [1.807, 2.05) is 31.2 Å². The SMILES string of the molecule is Cc1ccc(-c2nc(C(=O)OCc3nc(-c4ccc(C)c(F)c4)no3)cs2)cc1.